The molecule has 2 aliphatic carbocycles. The Morgan fingerprint density at radius 1 is 1.10 bits per heavy atom. The average molecular weight is 574 g/mol. The third-order valence-electron chi connectivity index (χ3n) is 9.65. The van der Waals surface area contributed by atoms with Crippen molar-refractivity contribution in [3.8, 4) is 0 Å². The molecule has 4 atom stereocenters. The first-order chi connectivity index (χ1) is 20.0. The van der Waals surface area contributed by atoms with Gasteiger partial charge in [-0.25, -0.2) is 15.0 Å². The average Bonchev–Trinajstić information content (AvgIpc) is 3.59. The highest BCUT2D eigenvalue weighted by atomic mass is 16.3. The first-order valence-corrected chi connectivity index (χ1v) is 15.6. The molecule has 1 unspecified atom stereocenters. The van der Waals surface area contributed by atoms with Crippen LogP contribution in [0.1, 0.15) is 77.7 Å². The molecule has 0 bridgehead atoms. The Morgan fingerprint density at radius 3 is 2.62 bits per heavy atom. The first-order valence-electron chi connectivity index (χ1n) is 15.6. The normalized spacial score (nSPS) is 26.6. The van der Waals surface area contributed by atoms with Crippen LogP contribution in [0.25, 0.3) is 22.1 Å². The van der Waals surface area contributed by atoms with Crippen LogP contribution in [0, 0.1) is 17.8 Å². The lowest BCUT2D eigenvalue weighted by atomic mass is 9.76. The molecule has 42 heavy (non-hydrogen) atoms. The number of aliphatic hydroxyl groups excluding tert-OH is 2. The number of nitrogens with one attached hydrogen (secondary N) is 1. The van der Waals surface area contributed by atoms with E-state index in [-0.39, 0.29) is 17.4 Å². The van der Waals surface area contributed by atoms with E-state index >= 15 is 0 Å². The minimum absolute atomic E-state index is 0.00651. The molecular weight excluding hydrogens is 526 g/mol. The molecule has 5 N–H and O–H groups in total. The van der Waals surface area contributed by atoms with Gasteiger partial charge in [0.1, 0.15) is 29.7 Å². The minimum atomic E-state index is -0.847. The number of nitrogens with two attached hydrogens (primary N) is 1. The van der Waals surface area contributed by atoms with Gasteiger partial charge in [0.25, 0.3) is 0 Å². The Bertz CT molecular complexity index is 1530. The van der Waals surface area contributed by atoms with Gasteiger partial charge in [-0.3, -0.25) is 4.90 Å². The molecule has 0 radical (unpaired) electrons. The number of imidazole rings is 1. The second-order valence-corrected chi connectivity index (χ2v) is 14.3. The second-order valence-electron chi connectivity index (χ2n) is 14.3. The molecule has 9 nitrogen and oxygen atoms in total. The Labute approximate surface area is 248 Å². The number of benzene rings is 1. The summed E-state index contributed by atoms with van der Waals surface area (Å²) >= 11 is 0. The Kier molecular flexibility index (Phi) is 7.79. The smallest absolute Gasteiger partial charge is 0.145 e. The molecule has 0 spiro atoms. The van der Waals surface area contributed by atoms with Crippen LogP contribution in [0.3, 0.4) is 0 Å². The topological polar surface area (TPSA) is 129 Å². The van der Waals surface area contributed by atoms with Gasteiger partial charge < -0.3 is 25.5 Å². The number of hydrogen-bond acceptors (Lipinski definition) is 7. The fourth-order valence-corrected chi connectivity index (χ4v) is 7.18. The van der Waals surface area contributed by atoms with Crippen LogP contribution in [-0.4, -0.2) is 71.0 Å². The summed E-state index contributed by atoms with van der Waals surface area (Å²) in [5.74, 6) is 2.72. The quantitative estimate of drug-likeness (QED) is 0.226. The van der Waals surface area contributed by atoms with Crippen LogP contribution in [0.4, 0.5) is 5.82 Å². The number of aryl methyl sites for hydroxylation is 1. The molecule has 1 aromatic carbocycles. The molecule has 0 saturated heterocycles. The van der Waals surface area contributed by atoms with Crippen molar-refractivity contribution in [1.82, 2.24) is 29.4 Å². The summed E-state index contributed by atoms with van der Waals surface area (Å²) < 4.78 is 1.97. The third-order valence-corrected chi connectivity index (χ3v) is 9.65. The predicted octanol–water partition coefficient (Wildman–Crippen LogP) is 4.84. The molecule has 3 heterocycles. The van der Waals surface area contributed by atoms with Gasteiger partial charge in [-0.1, -0.05) is 40.7 Å². The van der Waals surface area contributed by atoms with Gasteiger partial charge in [0.05, 0.1) is 28.6 Å². The number of aliphatic hydroxyl groups is 2. The van der Waals surface area contributed by atoms with Gasteiger partial charge in [0, 0.05) is 37.7 Å². The van der Waals surface area contributed by atoms with Crippen LogP contribution in [0.5, 0.6) is 0 Å². The number of aromatic amines is 1. The van der Waals surface area contributed by atoms with E-state index in [0.717, 1.165) is 48.2 Å². The molecule has 2 fully saturated rings. The maximum atomic E-state index is 11.1. The lowest BCUT2D eigenvalue weighted by molar-refractivity contribution is -0.0132. The largest absolute Gasteiger partial charge is 0.390 e. The van der Waals surface area contributed by atoms with E-state index in [1.165, 1.54) is 24.7 Å². The number of aromatic nitrogens is 5. The first kappa shape index (κ1) is 29.1. The van der Waals surface area contributed by atoms with E-state index in [4.69, 9.17) is 10.7 Å². The van der Waals surface area contributed by atoms with Gasteiger partial charge in [-0.15, -0.1) is 0 Å². The highest BCUT2D eigenvalue weighted by molar-refractivity contribution is 5.86. The van der Waals surface area contributed by atoms with E-state index in [9.17, 15) is 10.2 Å². The number of H-pyrrole nitrogens is 1. The third kappa shape index (κ3) is 5.66. The zero-order valence-electron chi connectivity index (χ0n) is 25.7. The van der Waals surface area contributed by atoms with Crippen molar-refractivity contribution >= 4 is 27.9 Å². The number of anilines is 1. The Balaban J connectivity index is 1.07. The predicted molar refractivity (Wildman–Crippen MR) is 167 cm³/mol. The van der Waals surface area contributed by atoms with Crippen molar-refractivity contribution in [2.75, 3.05) is 18.8 Å². The maximum absolute atomic E-state index is 11.1. The molecule has 0 amide bonds. The van der Waals surface area contributed by atoms with Crippen molar-refractivity contribution in [1.29, 1.82) is 0 Å². The highest BCUT2D eigenvalue weighted by Gasteiger charge is 2.45. The molecule has 9 heteroatoms. The van der Waals surface area contributed by atoms with Crippen LogP contribution < -0.4 is 5.73 Å². The molecule has 2 aliphatic rings. The van der Waals surface area contributed by atoms with Crippen molar-refractivity contribution in [2.45, 2.75) is 96.4 Å². The molecule has 6 rings (SSSR count). The monoisotopic (exact) mass is 573 g/mol. The number of nitrogen functional groups attached to an aromatic ring is 1. The number of rotatable bonds is 9. The van der Waals surface area contributed by atoms with Gasteiger partial charge in [-0.2, -0.15) is 0 Å². The number of hydrogen-bond donors (Lipinski definition) is 4. The Morgan fingerprint density at radius 2 is 1.88 bits per heavy atom. The minimum Gasteiger partial charge on any atom is -0.390 e. The lowest BCUT2D eigenvalue weighted by Crippen LogP contribution is -2.49. The highest BCUT2D eigenvalue weighted by Crippen LogP contribution is 2.41. The fraction of sp³-hybridized carbons (Fsp3) is 0.606. The summed E-state index contributed by atoms with van der Waals surface area (Å²) in [5, 5.41) is 23.0. The summed E-state index contributed by atoms with van der Waals surface area (Å²) in [5.41, 5.74) is 10.4. The summed E-state index contributed by atoms with van der Waals surface area (Å²) in [4.78, 5) is 19.5. The zero-order valence-corrected chi connectivity index (χ0v) is 25.7. The van der Waals surface area contributed by atoms with E-state index < -0.39 is 12.2 Å². The summed E-state index contributed by atoms with van der Waals surface area (Å²) in [7, 11) is 0. The summed E-state index contributed by atoms with van der Waals surface area (Å²) in [6.07, 6.45) is 6.90. The molecule has 226 valence electrons. The second kappa shape index (κ2) is 11.2. The van der Waals surface area contributed by atoms with Gasteiger partial charge >= 0.3 is 0 Å². The molecule has 2 saturated carbocycles. The van der Waals surface area contributed by atoms with Gasteiger partial charge in [-0.05, 0) is 66.7 Å². The van der Waals surface area contributed by atoms with Gasteiger partial charge in [0.15, 0.2) is 0 Å². The van der Waals surface area contributed by atoms with Crippen molar-refractivity contribution in [2.24, 2.45) is 17.8 Å². The van der Waals surface area contributed by atoms with Crippen molar-refractivity contribution in [3.63, 3.8) is 0 Å². The fourth-order valence-electron chi connectivity index (χ4n) is 7.18. The lowest BCUT2D eigenvalue weighted by Gasteiger charge is -2.45. The van der Waals surface area contributed by atoms with Crippen LogP contribution in [0.15, 0.2) is 36.8 Å². The van der Waals surface area contributed by atoms with Crippen LogP contribution in [0.2, 0.25) is 0 Å². The zero-order chi connectivity index (χ0) is 29.8. The molecule has 4 aromatic rings. The molecule has 3 aromatic heterocycles. The number of nitrogens with zero attached hydrogens (tertiary/aromatic N) is 5. The van der Waals surface area contributed by atoms with Crippen molar-refractivity contribution < 1.29 is 10.2 Å². The van der Waals surface area contributed by atoms with Crippen LogP contribution in [-0.2, 0) is 11.8 Å². The SMILES string of the molecule is CC(C)CN(C[C@H]1C[C@@H](n2ccc3c(N)ncnc32)C(O)[C@@H]1O)C1CC(CCc2nc3ccc(C(C)(C)C)cc3[nH]2)C1. The van der Waals surface area contributed by atoms with E-state index in [1.54, 1.807) is 0 Å². The van der Waals surface area contributed by atoms with E-state index in [2.05, 4.69) is 72.7 Å². The maximum Gasteiger partial charge on any atom is 0.145 e. The standard InChI is InChI=1S/C33H47N7O2/c1-19(2)16-39(17-21-14-27(30(42)29(21)41)40-11-10-24-31(34)35-18-36-32(24)40)23-12-20(13-23)6-9-28-37-25-8-7-22(33(3,4)5)15-26(25)38-28/h7-8,10-11,15,18-21,23,27,29-30,41-42H,6,9,12-14,16-17H2,1-5H3,(H,37,38)(H2,34,35,36)/t20?,21-,23?,27-,29-,30?/m1/s1. The Hall–Kier alpha value is -3.01. The molecule has 0 aliphatic heterocycles. The van der Waals surface area contributed by atoms with Gasteiger partial charge in [0.2, 0.25) is 0 Å². The number of fused-ring (bicyclic) bond motifs is 2. The van der Waals surface area contributed by atoms with Crippen molar-refractivity contribution in [3.05, 3.63) is 48.2 Å². The summed E-state index contributed by atoms with van der Waals surface area (Å²) in [6.45, 7) is 13.0. The van der Waals surface area contributed by atoms with Crippen LogP contribution >= 0.6 is 0 Å². The van der Waals surface area contributed by atoms with E-state index in [0.29, 0.717) is 35.8 Å². The van der Waals surface area contributed by atoms with E-state index in [1.807, 2.05) is 16.8 Å². The molecular formula is C33H47N7O2. The summed E-state index contributed by atoms with van der Waals surface area (Å²) in [6, 6.07) is 8.75.